The minimum atomic E-state index is -4.89. The standard InChI is InChI=1S/C21H20F5N3O4/c1-9-14(12-4-5-13(22)15(23)16(12)32-3)17(33-20(9,2)21(24,25)26)19(31)29-11-6-10(18(27)30)7-28-8-11/h4-9,14,17H,1-3H3,(H2,27,30)(H,29,31)/t9-,14+,17-,20+/m0/s1. The Hall–Kier alpha value is -3.28. The monoisotopic (exact) mass is 473 g/mol. The van der Waals surface area contributed by atoms with Crippen molar-refractivity contribution in [1.29, 1.82) is 0 Å². The average molecular weight is 473 g/mol. The second kappa shape index (κ2) is 8.58. The molecule has 178 valence electrons. The van der Waals surface area contributed by atoms with Crippen LogP contribution in [0.15, 0.2) is 30.6 Å². The fourth-order valence-corrected chi connectivity index (χ4v) is 3.90. The van der Waals surface area contributed by atoms with E-state index in [9.17, 15) is 31.5 Å². The van der Waals surface area contributed by atoms with Crippen molar-refractivity contribution in [1.82, 2.24) is 4.98 Å². The maximum atomic E-state index is 14.3. The molecule has 33 heavy (non-hydrogen) atoms. The number of primary amides is 1. The van der Waals surface area contributed by atoms with Gasteiger partial charge in [-0.1, -0.05) is 13.0 Å². The molecule has 3 N–H and O–H groups in total. The van der Waals surface area contributed by atoms with Crippen LogP contribution in [0, 0.1) is 17.6 Å². The number of nitrogens with one attached hydrogen (secondary N) is 1. The second-order valence-corrected chi connectivity index (χ2v) is 7.76. The highest BCUT2D eigenvalue weighted by molar-refractivity contribution is 5.97. The predicted octanol–water partition coefficient (Wildman–Crippen LogP) is 3.55. The summed E-state index contributed by atoms with van der Waals surface area (Å²) in [7, 11) is 1.03. The molecular formula is C21H20F5N3O4. The number of halogens is 5. The van der Waals surface area contributed by atoms with Crippen molar-refractivity contribution in [2.45, 2.75) is 37.6 Å². The first-order valence-electron chi connectivity index (χ1n) is 9.64. The number of aromatic nitrogens is 1. The third kappa shape index (κ3) is 4.22. The minimum absolute atomic E-state index is 0.0239. The van der Waals surface area contributed by atoms with Crippen LogP contribution >= 0.6 is 0 Å². The molecule has 2 heterocycles. The highest BCUT2D eigenvalue weighted by atomic mass is 19.4. The van der Waals surface area contributed by atoms with Crippen molar-refractivity contribution in [3.05, 3.63) is 53.4 Å². The van der Waals surface area contributed by atoms with E-state index in [1.54, 1.807) is 0 Å². The summed E-state index contributed by atoms with van der Waals surface area (Å²) >= 11 is 0. The molecule has 2 aromatic rings. The SMILES string of the molecule is COc1c([C@@H]2[C@@H](C(=O)Nc3cncc(C(N)=O)c3)O[C@@](C)(C(F)(F)F)[C@H]2C)ccc(F)c1F. The second-order valence-electron chi connectivity index (χ2n) is 7.76. The zero-order chi connectivity index (χ0) is 24.7. The lowest BCUT2D eigenvalue weighted by atomic mass is 9.77. The molecule has 1 aromatic heterocycles. The fraction of sp³-hybridized carbons (Fsp3) is 0.381. The van der Waals surface area contributed by atoms with Crippen LogP contribution in [0.2, 0.25) is 0 Å². The van der Waals surface area contributed by atoms with Crippen molar-refractivity contribution < 1.29 is 41.0 Å². The van der Waals surface area contributed by atoms with Crippen molar-refractivity contribution in [2.24, 2.45) is 11.7 Å². The molecule has 0 saturated carbocycles. The number of carbonyl (C=O) groups is 2. The van der Waals surface area contributed by atoms with E-state index in [-0.39, 0.29) is 16.8 Å². The number of nitrogens with zero attached hydrogens (tertiary/aromatic N) is 1. The molecule has 0 spiro atoms. The Labute approximate surface area is 185 Å². The molecule has 1 aromatic carbocycles. The lowest BCUT2D eigenvalue weighted by Gasteiger charge is -2.32. The van der Waals surface area contributed by atoms with Crippen molar-refractivity contribution >= 4 is 17.5 Å². The molecular weight excluding hydrogens is 453 g/mol. The van der Waals surface area contributed by atoms with E-state index in [0.29, 0.717) is 0 Å². The molecule has 3 rings (SSSR count). The zero-order valence-electron chi connectivity index (χ0n) is 17.7. The number of carbonyl (C=O) groups excluding carboxylic acids is 2. The quantitative estimate of drug-likeness (QED) is 0.647. The number of nitrogens with two attached hydrogens (primary N) is 1. The van der Waals surface area contributed by atoms with Crippen LogP contribution in [0.4, 0.5) is 27.6 Å². The molecule has 0 aliphatic carbocycles. The summed E-state index contributed by atoms with van der Waals surface area (Å²) in [4.78, 5) is 28.1. The summed E-state index contributed by atoms with van der Waals surface area (Å²) < 4.78 is 80.0. The lowest BCUT2D eigenvalue weighted by Crippen LogP contribution is -2.47. The van der Waals surface area contributed by atoms with Gasteiger partial charge in [-0.3, -0.25) is 14.6 Å². The molecule has 1 aliphatic heterocycles. The normalized spacial score (nSPS) is 25.0. The van der Waals surface area contributed by atoms with Gasteiger partial charge in [-0.15, -0.1) is 0 Å². The summed E-state index contributed by atoms with van der Waals surface area (Å²) in [6.07, 6.45) is -4.37. The largest absolute Gasteiger partial charge is 0.493 e. The van der Waals surface area contributed by atoms with Crippen LogP contribution in [0.1, 0.15) is 35.7 Å². The van der Waals surface area contributed by atoms with Crippen molar-refractivity contribution in [3.63, 3.8) is 0 Å². The van der Waals surface area contributed by atoms with Crippen LogP contribution in [-0.2, 0) is 9.53 Å². The molecule has 2 amide bonds. The molecule has 0 unspecified atom stereocenters. The number of methoxy groups -OCH3 is 1. The number of rotatable bonds is 5. The van der Waals surface area contributed by atoms with Gasteiger partial charge in [0.2, 0.25) is 11.7 Å². The van der Waals surface area contributed by atoms with Crippen LogP contribution in [-0.4, -0.2) is 41.8 Å². The van der Waals surface area contributed by atoms with E-state index < -0.39 is 58.9 Å². The van der Waals surface area contributed by atoms with E-state index >= 15 is 0 Å². The van der Waals surface area contributed by atoms with Gasteiger partial charge in [0, 0.05) is 23.6 Å². The van der Waals surface area contributed by atoms with E-state index in [4.69, 9.17) is 15.2 Å². The third-order valence-corrected chi connectivity index (χ3v) is 5.86. The first-order valence-corrected chi connectivity index (χ1v) is 9.64. The Balaban J connectivity index is 2.07. The van der Waals surface area contributed by atoms with Gasteiger partial charge in [0.25, 0.3) is 5.91 Å². The Morgan fingerprint density at radius 3 is 2.48 bits per heavy atom. The number of amides is 2. The molecule has 1 saturated heterocycles. The van der Waals surface area contributed by atoms with Crippen LogP contribution in [0.25, 0.3) is 0 Å². The Bertz CT molecular complexity index is 1090. The topological polar surface area (TPSA) is 104 Å². The highest BCUT2D eigenvalue weighted by Gasteiger charge is 2.65. The van der Waals surface area contributed by atoms with Gasteiger partial charge in [0.1, 0.15) is 6.10 Å². The Morgan fingerprint density at radius 2 is 1.91 bits per heavy atom. The number of ether oxygens (including phenoxy) is 2. The van der Waals surface area contributed by atoms with E-state index in [1.165, 1.54) is 13.0 Å². The summed E-state index contributed by atoms with van der Waals surface area (Å²) in [5.74, 6) is -7.92. The van der Waals surface area contributed by atoms with Gasteiger partial charge in [-0.05, 0) is 19.1 Å². The van der Waals surface area contributed by atoms with Crippen molar-refractivity contribution in [2.75, 3.05) is 12.4 Å². The average Bonchev–Trinajstić information content (AvgIpc) is 3.02. The van der Waals surface area contributed by atoms with E-state index in [1.807, 2.05) is 0 Å². The number of pyridine rings is 1. The molecule has 7 nitrogen and oxygen atoms in total. The van der Waals surface area contributed by atoms with Crippen LogP contribution in [0.3, 0.4) is 0 Å². The molecule has 4 atom stereocenters. The van der Waals surface area contributed by atoms with Gasteiger partial charge in [-0.25, -0.2) is 4.39 Å². The van der Waals surface area contributed by atoms with Gasteiger partial charge in [0.15, 0.2) is 17.2 Å². The Kier molecular flexibility index (Phi) is 6.33. The van der Waals surface area contributed by atoms with Crippen LogP contribution < -0.4 is 15.8 Å². The predicted molar refractivity (Wildman–Crippen MR) is 106 cm³/mol. The van der Waals surface area contributed by atoms with Gasteiger partial charge >= 0.3 is 6.18 Å². The maximum absolute atomic E-state index is 14.3. The molecule has 1 aliphatic rings. The van der Waals surface area contributed by atoms with E-state index in [0.717, 1.165) is 38.6 Å². The maximum Gasteiger partial charge on any atom is 0.417 e. The first-order chi connectivity index (χ1) is 15.3. The lowest BCUT2D eigenvalue weighted by molar-refractivity contribution is -0.272. The molecule has 0 bridgehead atoms. The summed E-state index contributed by atoms with van der Waals surface area (Å²) in [5.41, 5.74) is 2.15. The smallest absolute Gasteiger partial charge is 0.417 e. The zero-order valence-corrected chi connectivity index (χ0v) is 17.7. The Morgan fingerprint density at radius 1 is 1.24 bits per heavy atom. The highest BCUT2D eigenvalue weighted by Crippen LogP contribution is 2.54. The third-order valence-electron chi connectivity index (χ3n) is 5.86. The van der Waals surface area contributed by atoms with Gasteiger partial charge in [-0.2, -0.15) is 17.6 Å². The number of alkyl halides is 3. The number of hydrogen-bond acceptors (Lipinski definition) is 5. The summed E-state index contributed by atoms with van der Waals surface area (Å²) in [5, 5.41) is 2.34. The van der Waals surface area contributed by atoms with Gasteiger partial charge in [0.05, 0.1) is 24.6 Å². The summed E-state index contributed by atoms with van der Waals surface area (Å²) in [6, 6.07) is 2.97. The van der Waals surface area contributed by atoms with E-state index in [2.05, 4.69) is 10.3 Å². The first kappa shape index (κ1) is 24.4. The van der Waals surface area contributed by atoms with Crippen LogP contribution in [0.5, 0.6) is 5.75 Å². The van der Waals surface area contributed by atoms with Gasteiger partial charge < -0.3 is 20.5 Å². The number of hydrogen-bond donors (Lipinski definition) is 2. The number of benzene rings is 1. The number of anilines is 1. The minimum Gasteiger partial charge on any atom is -0.493 e. The summed E-state index contributed by atoms with van der Waals surface area (Å²) in [6.45, 7) is 1.97. The molecule has 12 heteroatoms. The van der Waals surface area contributed by atoms with Crippen molar-refractivity contribution in [3.8, 4) is 5.75 Å². The molecule has 1 fully saturated rings. The molecule has 0 radical (unpaired) electrons. The fourth-order valence-electron chi connectivity index (χ4n) is 3.90.